The summed E-state index contributed by atoms with van der Waals surface area (Å²) in [5.41, 5.74) is 2.02. The smallest absolute Gasteiger partial charge is 0.397 e. The normalized spacial score (nSPS) is 22.7. The summed E-state index contributed by atoms with van der Waals surface area (Å²) >= 11 is 0. The Morgan fingerprint density at radius 2 is 1.73 bits per heavy atom. The molecule has 4 nitrogen and oxygen atoms in total. The van der Waals surface area contributed by atoms with Crippen LogP contribution < -0.4 is 14.3 Å². The number of fused-ring (bicyclic) bond motifs is 1. The lowest BCUT2D eigenvalue weighted by atomic mass is 10.1. The first-order valence-electron chi connectivity index (χ1n) is 7.12. The van der Waals surface area contributed by atoms with Gasteiger partial charge in [0.05, 0.1) is 7.05 Å². The van der Waals surface area contributed by atoms with Crippen molar-refractivity contribution in [2.75, 3.05) is 7.05 Å². The molecule has 0 radical (unpaired) electrons. The van der Waals surface area contributed by atoms with Crippen LogP contribution in [0, 0.1) is 0 Å². The molecule has 1 aliphatic heterocycles. The molecule has 22 heavy (non-hydrogen) atoms. The van der Waals surface area contributed by atoms with E-state index in [-0.39, 0.29) is 15.9 Å². The lowest BCUT2D eigenvalue weighted by molar-refractivity contribution is -0.304. The first-order valence-corrected chi connectivity index (χ1v) is 7.12. The Kier molecular flexibility index (Phi) is 3.47. The van der Waals surface area contributed by atoms with Gasteiger partial charge in [0, 0.05) is 11.6 Å². The number of rotatable bonds is 2. The van der Waals surface area contributed by atoms with Crippen LogP contribution in [0.3, 0.4) is 0 Å². The highest BCUT2D eigenvalue weighted by atomic mass is 16.5. The molecule has 1 unspecified atom stereocenters. The van der Waals surface area contributed by atoms with E-state index in [2.05, 4.69) is 0 Å². The average Bonchev–Trinajstić information content (AvgIpc) is 2.47. The number of carbonyl (C=O) groups excluding carboxylic acids is 1. The van der Waals surface area contributed by atoms with Crippen LogP contribution in [0.4, 0.5) is 5.69 Å². The molecule has 1 aliphatic rings. The zero-order valence-electron chi connectivity index (χ0n) is 12.6. The van der Waals surface area contributed by atoms with E-state index in [0.29, 0.717) is 12.3 Å². The molecule has 0 saturated heterocycles. The average molecular weight is 295 g/mol. The van der Waals surface area contributed by atoms with E-state index in [4.69, 9.17) is 4.74 Å². The van der Waals surface area contributed by atoms with Gasteiger partial charge in [0.2, 0.25) is 5.70 Å². The van der Waals surface area contributed by atoms with Crippen molar-refractivity contribution in [2.24, 2.45) is 0 Å². The second kappa shape index (κ2) is 5.31. The van der Waals surface area contributed by atoms with Crippen molar-refractivity contribution in [3.8, 4) is 5.75 Å². The summed E-state index contributed by atoms with van der Waals surface area (Å²) in [4.78, 5) is 12.3. The molecule has 0 fully saturated rings. The highest BCUT2D eigenvalue weighted by Crippen LogP contribution is 2.42. The topological polar surface area (TPSA) is 49.4 Å². The number of para-hydroxylation sites is 2. The Hall–Kier alpha value is -2.59. The third kappa shape index (κ3) is 2.27. The number of quaternary nitrogens is 1. The minimum absolute atomic E-state index is 0.119. The Balaban J connectivity index is 2.19. The quantitative estimate of drug-likeness (QED) is 0.281. The fourth-order valence-corrected chi connectivity index (χ4v) is 3.03. The maximum absolute atomic E-state index is 12.3. The Bertz CT molecular complexity index is 748. The predicted molar refractivity (Wildman–Crippen MR) is 82.6 cm³/mol. The van der Waals surface area contributed by atoms with Crippen LogP contribution in [-0.4, -0.2) is 13.0 Å². The summed E-state index contributed by atoms with van der Waals surface area (Å²) in [5, 5.41) is 12.1. The summed E-state index contributed by atoms with van der Waals surface area (Å²) in [6, 6.07) is 17.2. The fraction of sp³-hybridized carbons (Fsp3) is 0.167. The van der Waals surface area contributed by atoms with Crippen LogP contribution in [0.2, 0.25) is 0 Å². The molecule has 112 valence electrons. The van der Waals surface area contributed by atoms with Gasteiger partial charge in [-0.2, -0.15) is 0 Å². The van der Waals surface area contributed by atoms with Crippen LogP contribution in [0.5, 0.6) is 5.75 Å². The number of allylic oxidation sites excluding steroid dienone is 1. The molecule has 3 rings (SSSR count). The summed E-state index contributed by atoms with van der Waals surface area (Å²) in [7, 11) is 1.88. The van der Waals surface area contributed by atoms with Gasteiger partial charge in [0.1, 0.15) is 6.54 Å². The van der Waals surface area contributed by atoms with Crippen molar-refractivity contribution in [3.05, 3.63) is 71.6 Å². The number of carbonyl (C=O) groups is 1. The number of nitrogens with zero attached hydrogens (tertiary/aromatic N) is 1. The van der Waals surface area contributed by atoms with Gasteiger partial charge >= 0.3 is 5.97 Å². The first kappa shape index (κ1) is 14.4. The van der Waals surface area contributed by atoms with Crippen LogP contribution in [0.25, 0.3) is 0 Å². The van der Waals surface area contributed by atoms with E-state index in [1.807, 2.05) is 55.6 Å². The lowest BCUT2D eigenvalue weighted by Gasteiger charge is -2.40. The maximum Gasteiger partial charge on any atom is 0.397 e. The summed E-state index contributed by atoms with van der Waals surface area (Å²) in [5.74, 6) is -0.321. The molecule has 0 bridgehead atoms. The number of esters is 1. The highest BCUT2D eigenvalue weighted by molar-refractivity contribution is 5.96. The Morgan fingerprint density at radius 3 is 2.41 bits per heavy atom. The number of benzene rings is 2. The third-order valence-electron chi connectivity index (χ3n) is 3.96. The molecule has 0 saturated carbocycles. The molecule has 0 aromatic heterocycles. The number of hydrogen-bond donors (Lipinski definition) is 0. The highest BCUT2D eigenvalue weighted by Gasteiger charge is 2.43. The minimum atomic E-state index is -0.565. The molecule has 0 aliphatic carbocycles. The molecule has 0 spiro atoms. The van der Waals surface area contributed by atoms with Gasteiger partial charge in [0.15, 0.2) is 11.4 Å². The van der Waals surface area contributed by atoms with E-state index in [0.717, 1.165) is 11.3 Å². The number of likely N-dealkylation sites (N-methyl/N-ethyl adjacent to an activating group) is 1. The first-order chi connectivity index (χ1) is 10.5. The van der Waals surface area contributed by atoms with Crippen LogP contribution in [0.1, 0.15) is 12.5 Å². The molecule has 1 heterocycles. The van der Waals surface area contributed by atoms with Gasteiger partial charge < -0.3 is 9.84 Å². The van der Waals surface area contributed by atoms with Gasteiger partial charge in [-0.3, -0.25) is 0 Å². The second-order valence-electron chi connectivity index (χ2n) is 5.60. The lowest BCUT2D eigenvalue weighted by Crippen LogP contribution is -2.51. The summed E-state index contributed by atoms with van der Waals surface area (Å²) < 4.78 is 5.45. The van der Waals surface area contributed by atoms with Crippen LogP contribution in [0.15, 0.2) is 66.1 Å². The summed E-state index contributed by atoms with van der Waals surface area (Å²) in [6.07, 6.45) is 0. The number of ether oxygens (including phenoxy) is 1. The molecule has 0 amide bonds. The molecule has 2 aromatic carbocycles. The zero-order chi connectivity index (χ0) is 15.7. The molecular weight excluding hydrogens is 278 g/mol. The van der Waals surface area contributed by atoms with E-state index in [1.54, 1.807) is 6.07 Å². The van der Waals surface area contributed by atoms with Gasteiger partial charge in [-0.05, 0) is 13.0 Å². The Morgan fingerprint density at radius 1 is 1.09 bits per heavy atom. The van der Waals surface area contributed by atoms with Gasteiger partial charge in [-0.15, -0.1) is 0 Å². The maximum atomic E-state index is 12.3. The van der Waals surface area contributed by atoms with Crippen molar-refractivity contribution >= 4 is 11.7 Å². The van der Waals surface area contributed by atoms with Crippen molar-refractivity contribution in [2.45, 2.75) is 13.5 Å². The van der Waals surface area contributed by atoms with Crippen molar-refractivity contribution in [3.63, 3.8) is 0 Å². The van der Waals surface area contributed by atoms with Crippen LogP contribution in [-0.2, 0) is 11.3 Å². The molecule has 2 aromatic rings. The van der Waals surface area contributed by atoms with Crippen molar-refractivity contribution in [1.82, 2.24) is 4.48 Å². The van der Waals surface area contributed by atoms with E-state index < -0.39 is 5.97 Å². The SMILES string of the molecule is C/C([O-])=C1\C(=O)Oc2ccccc2[N+]1(C)Cc1ccccc1. The van der Waals surface area contributed by atoms with Gasteiger partial charge in [-0.25, -0.2) is 9.28 Å². The van der Waals surface area contributed by atoms with E-state index in [1.165, 1.54) is 6.92 Å². The second-order valence-corrected chi connectivity index (χ2v) is 5.60. The molecular formula is C18H17NO3. The van der Waals surface area contributed by atoms with E-state index in [9.17, 15) is 9.90 Å². The van der Waals surface area contributed by atoms with Crippen molar-refractivity contribution < 1.29 is 14.6 Å². The van der Waals surface area contributed by atoms with E-state index >= 15 is 0 Å². The molecule has 1 atom stereocenters. The molecule has 4 heteroatoms. The fourth-order valence-electron chi connectivity index (χ4n) is 3.03. The van der Waals surface area contributed by atoms with Gasteiger partial charge in [-0.1, -0.05) is 48.2 Å². The zero-order valence-corrected chi connectivity index (χ0v) is 12.6. The van der Waals surface area contributed by atoms with Crippen LogP contribution >= 0.6 is 0 Å². The third-order valence-corrected chi connectivity index (χ3v) is 3.96. The summed E-state index contributed by atoms with van der Waals surface area (Å²) in [6.45, 7) is 1.92. The molecule has 0 N–H and O–H groups in total. The standard InChI is InChI=1S/C18H17NO3/c1-13(20)17-18(21)22-16-11-7-6-10-15(16)19(17,2)12-14-8-4-3-5-9-14/h3-11H,12H2,1-2H3. The minimum Gasteiger partial charge on any atom is -0.871 e. The van der Waals surface area contributed by atoms with Gasteiger partial charge in [0.25, 0.3) is 0 Å². The van der Waals surface area contributed by atoms with Crippen molar-refractivity contribution in [1.29, 1.82) is 0 Å². The predicted octanol–water partition coefficient (Wildman–Crippen LogP) is 2.33. The monoisotopic (exact) mass is 295 g/mol. The largest absolute Gasteiger partial charge is 0.871 e. The number of hydrogen-bond acceptors (Lipinski definition) is 3. The Labute approximate surface area is 129 Å².